The molecule has 2 N–H and O–H groups in total. The van der Waals surface area contributed by atoms with Gasteiger partial charge in [0.05, 0.1) is 12.1 Å². The van der Waals surface area contributed by atoms with Crippen molar-refractivity contribution in [2.45, 2.75) is 20.3 Å². The smallest absolute Gasteiger partial charge is 0.323 e. The van der Waals surface area contributed by atoms with Gasteiger partial charge in [0.1, 0.15) is 5.82 Å². The van der Waals surface area contributed by atoms with E-state index in [1.807, 2.05) is 50.2 Å². The SMILES string of the molecule is Cc1cccc(NC(=O)Cc2csc(NC(=O)N3CCN(c4ccccn4)CC3)n2)c1C. The largest absolute Gasteiger partial charge is 0.353 e. The van der Waals surface area contributed by atoms with Crippen LogP contribution in [0.4, 0.5) is 21.4 Å². The molecule has 8 nitrogen and oxygen atoms in total. The summed E-state index contributed by atoms with van der Waals surface area (Å²) < 4.78 is 0. The van der Waals surface area contributed by atoms with Crippen molar-refractivity contribution in [2.75, 3.05) is 41.7 Å². The lowest BCUT2D eigenvalue weighted by molar-refractivity contribution is -0.115. The molecule has 0 saturated carbocycles. The Kier molecular flexibility index (Phi) is 6.65. The van der Waals surface area contributed by atoms with Gasteiger partial charge in [-0.05, 0) is 43.2 Å². The Labute approximate surface area is 191 Å². The maximum Gasteiger partial charge on any atom is 0.323 e. The number of nitrogens with zero attached hydrogens (tertiary/aromatic N) is 4. The fourth-order valence-electron chi connectivity index (χ4n) is 3.54. The molecule has 0 unspecified atom stereocenters. The van der Waals surface area contributed by atoms with Crippen LogP contribution in [-0.2, 0) is 11.2 Å². The second-order valence-electron chi connectivity index (χ2n) is 7.71. The highest BCUT2D eigenvalue weighted by Crippen LogP contribution is 2.20. The number of aryl methyl sites for hydroxylation is 1. The Morgan fingerprint density at radius 1 is 1.03 bits per heavy atom. The lowest BCUT2D eigenvalue weighted by Gasteiger charge is -2.35. The second kappa shape index (κ2) is 9.78. The number of nitrogens with one attached hydrogen (secondary N) is 2. The van der Waals surface area contributed by atoms with Crippen LogP contribution < -0.4 is 15.5 Å². The summed E-state index contributed by atoms with van der Waals surface area (Å²) in [4.78, 5) is 37.8. The normalized spacial score (nSPS) is 13.7. The number of pyridine rings is 1. The summed E-state index contributed by atoms with van der Waals surface area (Å²) in [5.74, 6) is 0.795. The summed E-state index contributed by atoms with van der Waals surface area (Å²) in [6, 6.07) is 11.5. The van der Waals surface area contributed by atoms with E-state index >= 15 is 0 Å². The molecule has 3 heterocycles. The van der Waals surface area contributed by atoms with Crippen LogP contribution >= 0.6 is 11.3 Å². The molecule has 3 amide bonds. The molecule has 4 rings (SSSR count). The number of hydrogen-bond donors (Lipinski definition) is 2. The van der Waals surface area contributed by atoms with Crippen LogP contribution in [0.25, 0.3) is 0 Å². The molecule has 0 radical (unpaired) electrons. The highest BCUT2D eigenvalue weighted by molar-refractivity contribution is 7.13. The zero-order chi connectivity index (χ0) is 22.5. The first-order chi connectivity index (χ1) is 15.5. The minimum Gasteiger partial charge on any atom is -0.353 e. The van der Waals surface area contributed by atoms with Gasteiger partial charge in [0, 0.05) is 43.4 Å². The molecule has 0 spiro atoms. The van der Waals surface area contributed by atoms with Crippen LogP contribution in [0.5, 0.6) is 0 Å². The third-order valence-electron chi connectivity index (χ3n) is 5.53. The molecule has 9 heteroatoms. The molecule has 3 aromatic rings. The van der Waals surface area contributed by atoms with Crippen LogP contribution in [-0.4, -0.2) is 53.0 Å². The molecule has 0 aliphatic carbocycles. The van der Waals surface area contributed by atoms with Gasteiger partial charge < -0.3 is 15.1 Å². The van der Waals surface area contributed by atoms with Gasteiger partial charge in [0.15, 0.2) is 5.13 Å². The minimum absolute atomic E-state index is 0.132. The molecule has 1 aromatic carbocycles. The van der Waals surface area contributed by atoms with Crippen LogP contribution in [0.3, 0.4) is 0 Å². The van der Waals surface area contributed by atoms with E-state index in [1.54, 1.807) is 16.5 Å². The first-order valence-corrected chi connectivity index (χ1v) is 11.4. The molecule has 1 saturated heterocycles. The number of piperazine rings is 1. The van der Waals surface area contributed by atoms with Crippen molar-refractivity contribution >= 4 is 39.9 Å². The number of urea groups is 1. The highest BCUT2D eigenvalue weighted by Gasteiger charge is 2.22. The second-order valence-corrected chi connectivity index (χ2v) is 8.57. The monoisotopic (exact) mass is 450 g/mol. The summed E-state index contributed by atoms with van der Waals surface area (Å²) in [7, 11) is 0. The number of amides is 3. The average molecular weight is 451 g/mol. The lowest BCUT2D eigenvalue weighted by Crippen LogP contribution is -2.50. The van der Waals surface area contributed by atoms with Crippen molar-refractivity contribution in [2.24, 2.45) is 0 Å². The number of aromatic nitrogens is 2. The molecular formula is C23H26N6O2S. The summed E-state index contributed by atoms with van der Waals surface area (Å²) >= 11 is 1.32. The van der Waals surface area contributed by atoms with E-state index in [0.29, 0.717) is 23.9 Å². The van der Waals surface area contributed by atoms with E-state index in [1.165, 1.54) is 11.3 Å². The van der Waals surface area contributed by atoms with E-state index < -0.39 is 0 Å². The summed E-state index contributed by atoms with van der Waals surface area (Å²) in [5, 5.41) is 8.09. The zero-order valence-corrected chi connectivity index (χ0v) is 19.0. The van der Waals surface area contributed by atoms with Gasteiger partial charge in [-0.15, -0.1) is 11.3 Å². The van der Waals surface area contributed by atoms with E-state index in [-0.39, 0.29) is 18.4 Å². The number of carbonyl (C=O) groups is 2. The van der Waals surface area contributed by atoms with E-state index in [0.717, 1.165) is 35.7 Å². The zero-order valence-electron chi connectivity index (χ0n) is 18.2. The molecule has 2 aromatic heterocycles. The van der Waals surface area contributed by atoms with Crippen molar-refractivity contribution in [3.05, 3.63) is 64.8 Å². The number of benzene rings is 1. The Morgan fingerprint density at radius 3 is 2.59 bits per heavy atom. The summed E-state index contributed by atoms with van der Waals surface area (Å²) in [5.41, 5.74) is 3.62. The minimum atomic E-state index is -0.175. The lowest BCUT2D eigenvalue weighted by atomic mass is 10.1. The number of thiazole rings is 1. The summed E-state index contributed by atoms with van der Waals surface area (Å²) in [6.45, 7) is 6.67. The van der Waals surface area contributed by atoms with Crippen LogP contribution in [0.1, 0.15) is 16.8 Å². The molecule has 1 fully saturated rings. The molecule has 1 aliphatic heterocycles. The molecule has 0 bridgehead atoms. The average Bonchev–Trinajstić information content (AvgIpc) is 3.24. The first kappa shape index (κ1) is 21.8. The number of hydrogen-bond acceptors (Lipinski definition) is 6. The van der Waals surface area contributed by atoms with Gasteiger partial charge in [-0.3, -0.25) is 10.1 Å². The van der Waals surface area contributed by atoms with Crippen molar-refractivity contribution in [1.82, 2.24) is 14.9 Å². The van der Waals surface area contributed by atoms with E-state index in [2.05, 4.69) is 25.5 Å². The predicted molar refractivity (Wildman–Crippen MR) is 127 cm³/mol. The predicted octanol–water partition coefficient (Wildman–Crippen LogP) is 3.69. The highest BCUT2D eigenvalue weighted by atomic mass is 32.1. The Hall–Kier alpha value is -3.46. The van der Waals surface area contributed by atoms with E-state index in [4.69, 9.17) is 0 Å². The third kappa shape index (κ3) is 5.23. The van der Waals surface area contributed by atoms with Gasteiger partial charge in [0.2, 0.25) is 5.91 Å². The van der Waals surface area contributed by atoms with Gasteiger partial charge in [-0.25, -0.2) is 14.8 Å². The topological polar surface area (TPSA) is 90.5 Å². The number of rotatable bonds is 5. The maximum absolute atomic E-state index is 12.6. The van der Waals surface area contributed by atoms with Crippen LogP contribution in [0.2, 0.25) is 0 Å². The Morgan fingerprint density at radius 2 is 1.84 bits per heavy atom. The molecule has 0 atom stereocenters. The standard InChI is InChI=1S/C23H26N6O2S/c1-16-6-5-7-19(17(16)2)26-21(30)14-18-15-32-22(25-18)27-23(31)29-12-10-28(11-13-29)20-8-3-4-9-24-20/h3-9,15H,10-14H2,1-2H3,(H,26,30)(H,25,27,31). The van der Waals surface area contributed by atoms with E-state index in [9.17, 15) is 9.59 Å². The first-order valence-electron chi connectivity index (χ1n) is 10.5. The fourth-order valence-corrected chi connectivity index (χ4v) is 4.24. The van der Waals surface area contributed by atoms with Gasteiger partial charge in [-0.1, -0.05) is 18.2 Å². The summed E-state index contributed by atoms with van der Waals surface area (Å²) in [6.07, 6.45) is 1.93. The molecule has 1 aliphatic rings. The van der Waals surface area contributed by atoms with Crippen molar-refractivity contribution < 1.29 is 9.59 Å². The number of carbonyl (C=O) groups excluding carboxylic acids is 2. The Balaban J connectivity index is 1.27. The van der Waals surface area contributed by atoms with Crippen LogP contribution in [0, 0.1) is 13.8 Å². The molecule has 32 heavy (non-hydrogen) atoms. The Bertz CT molecular complexity index is 1090. The molecular weight excluding hydrogens is 424 g/mol. The molecule has 166 valence electrons. The van der Waals surface area contributed by atoms with Gasteiger partial charge in [0.25, 0.3) is 0 Å². The van der Waals surface area contributed by atoms with Gasteiger partial charge >= 0.3 is 6.03 Å². The maximum atomic E-state index is 12.6. The van der Waals surface area contributed by atoms with Crippen molar-refractivity contribution in [3.8, 4) is 0 Å². The quantitative estimate of drug-likeness (QED) is 0.619. The van der Waals surface area contributed by atoms with Crippen LogP contribution in [0.15, 0.2) is 48.0 Å². The van der Waals surface area contributed by atoms with Crippen molar-refractivity contribution in [1.29, 1.82) is 0 Å². The third-order valence-corrected chi connectivity index (χ3v) is 6.33. The van der Waals surface area contributed by atoms with Gasteiger partial charge in [-0.2, -0.15) is 0 Å². The van der Waals surface area contributed by atoms with Crippen molar-refractivity contribution in [3.63, 3.8) is 0 Å². The fraction of sp³-hybridized carbons (Fsp3) is 0.304. The number of anilines is 3.